The van der Waals surface area contributed by atoms with E-state index in [1.807, 2.05) is 13.0 Å². The second-order valence-electron chi connectivity index (χ2n) is 3.10. The van der Waals surface area contributed by atoms with Gasteiger partial charge in [0.15, 0.2) is 0 Å². The minimum absolute atomic E-state index is 0.129. The van der Waals surface area contributed by atoms with Crippen molar-refractivity contribution in [2.75, 3.05) is 0 Å². The lowest BCUT2D eigenvalue weighted by Gasteiger charge is -1.97. The van der Waals surface area contributed by atoms with Crippen molar-refractivity contribution in [3.63, 3.8) is 0 Å². The molecule has 1 aromatic heterocycles. The molecule has 0 amide bonds. The van der Waals surface area contributed by atoms with Crippen LogP contribution in [-0.4, -0.2) is 0 Å². The fraction of sp³-hybridized carbons (Fsp3) is 0.200. The number of nitrogens with two attached hydrogens (primary N) is 1. The molecule has 0 aliphatic rings. The average molecular weight is 256 g/mol. The summed E-state index contributed by atoms with van der Waals surface area (Å²) in [6, 6.07) is 8.51. The second kappa shape index (κ2) is 3.40. The van der Waals surface area contributed by atoms with Crippen LogP contribution < -0.4 is 5.73 Å². The summed E-state index contributed by atoms with van der Waals surface area (Å²) in [5.74, 6) is 0. The number of hydrogen-bond acceptors (Lipinski definition) is 2. The van der Waals surface area contributed by atoms with Gasteiger partial charge in [-0.05, 0) is 40.4 Å². The smallest absolute Gasteiger partial charge is 0.0488 e. The van der Waals surface area contributed by atoms with Crippen LogP contribution >= 0.6 is 27.3 Å². The molecular weight excluding hydrogens is 246 g/mol. The van der Waals surface area contributed by atoms with E-state index in [9.17, 15) is 0 Å². The molecule has 1 atom stereocenters. The van der Waals surface area contributed by atoms with Crippen LogP contribution in [0.1, 0.15) is 17.8 Å². The molecule has 0 radical (unpaired) electrons. The largest absolute Gasteiger partial charge is 0.324 e. The predicted molar refractivity (Wildman–Crippen MR) is 62.1 cm³/mol. The summed E-state index contributed by atoms with van der Waals surface area (Å²) in [6.45, 7) is 2.01. The van der Waals surface area contributed by atoms with Gasteiger partial charge in [0.1, 0.15) is 0 Å². The van der Waals surface area contributed by atoms with E-state index < -0.39 is 0 Å². The maximum absolute atomic E-state index is 5.82. The average Bonchev–Trinajstić information content (AvgIpc) is 2.49. The zero-order valence-corrected chi connectivity index (χ0v) is 9.65. The predicted octanol–water partition coefficient (Wildman–Crippen LogP) is 3.68. The van der Waals surface area contributed by atoms with Gasteiger partial charge in [-0.15, -0.1) is 11.3 Å². The third kappa shape index (κ3) is 1.64. The fourth-order valence-corrected chi connectivity index (χ4v) is 2.91. The van der Waals surface area contributed by atoms with Gasteiger partial charge in [-0.3, -0.25) is 0 Å². The highest BCUT2D eigenvalue weighted by Crippen LogP contribution is 2.33. The first-order chi connectivity index (χ1) is 6.18. The van der Waals surface area contributed by atoms with Crippen LogP contribution in [-0.2, 0) is 0 Å². The Morgan fingerprint density at radius 3 is 2.85 bits per heavy atom. The Hall–Kier alpha value is -0.380. The fourth-order valence-electron chi connectivity index (χ4n) is 1.27. The third-order valence-corrected chi connectivity index (χ3v) is 4.27. The summed E-state index contributed by atoms with van der Waals surface area (Å²) >= 11 is 5.29. The Morgan fingerprint density at radius 2 is 2.23 bits per heavy atom. The Morgan fingerprint density at radius 1 is 1.46 bits per heavy atom. The van der Waals surface area contributed by atoms with E-state index in [1.165, 1.54) is 15.0 Å². The van der Waals surface area contributed by atoms with Crippen LogP contribution in [0.4, 0.5) is 0 Å². The van der Waals surface area contributed by atoms with Gasteiger partial charge in [0.05, 0.1) is 0 Å². The maximum Gasteiger partial charge on any atom is 0.0488 e. The molecule has 1 aromatic carbocycles. The van der Waals surface area contributed by atoms with E-state index in [0.717, 1.165) is 4.47 Å². The number of fused-ring (bicyclic) bond motifs is 1. The molecule has 0 aliphatic carbocycles. The van der Waals surface area contributed by atoms with Crippen molar-refractivity contribution in [1.29, 1.82) is 0 Å². The normalized spacial score (nSPS) is 13.5. The van der Waals surface area contributed by atoms with Gasteiger partial charge in [-0.2, -0.15) is 0 Å². The highest BCUT2D eigenvalue weighted by Gasteiger charge is 2.06. The van der Waals surface area contributed by atoms with E-state index in [-0.39, 0.29) is 6.04 Å². The molecule has 0 fully saturated rings. The molecule has 2 aromatic rings. The van der Waals surface area contributed by atoms with E-state index in [4.69, 9.17) is 5.73 Å². The number of benzene rings is 1. The quantitative estimate of drug-likeness (QED) is 0.827. The monoisotopic (exact) mass is 255 g/mol. The van der Waals surface area contributed by atoms with Crippen molar-refractivity contribution < 1.29 is 0 Å². The van der Waals surface area contributed by atoms with Crippen molar-refractivity contribution in [3.05, 3.63) is 33.6 Å². The molecule has 1 nitrogen and oxygen atoms in total. The van der Waals surface area contributed by atoms with E-state index >= 15 is 0 Å². The Kier molecular flexibility index (Phi) is 2.41. The van der Waals surface area contributed by atoms with Gasteiger partial charge in [-0.1, -0.05) is 12.1 Å². The first kappa shape index (κ1) is 9.19. The van der Waals surface area contributed by atoms with Crippen LogP contribution in [0.25, 0.3) is 10.1 Å². The highest BCUT2D eigenvalue weighted by atomic mass is 79.9. The first-order valence-electron chi connectivity index (χ1n) is 4.12. The number of halogens is 1. The molecule has 0 saturated heterocycles. The van der Waals surface area contributed by atoms with Gasteiger partial charge in [0.2, 0.25) is 0 Å². The SMILES string of the molecule is CC(N)c1cc2cccc(Br)c2s1. The van der Waals surface area contributed by atoms with E-state index in [0.29, 0.717) is 0 Å². The van der Waals surface area contributed by atoms with E-state index in [2.05, 4.69) is 34.1 Å². The van der Waals surface area contributed by atoms with Gasteiger partial charge in [-0.25, -0.2) is 0 Å². The first-order valence-corrected chi connectivity index (χ1v) is 5.73. The molecule has 1 heterocycles. The molecule has 13 heavy (non-hydrogen) atoms. The lowest BCUT2D eigenvalue weighted by molar-refractivity contribution is 0.839. The minimum atomic E-state index is 0.129. The lowest BCUT2D eigenvalue weighted by Crippen LogP contribution is -2.01. The summed E-state index contributed by atoms with van der Waals surface area (Å²) < 4.78 is 2.44. The van der Waals surface area contributed by atoms with Crippen LogP contribution in [0.3, 0.4) is 0 Å². The highest BCUT2D eigenvalue weighted by molar-refractivity contribution is 9.10. The summed E-state index contributed by atoms with van der Waals surface area (Å²) in [5, 5.41) is 1.27. The summed E-state index contributed by atoms with van der Waals surface area (Å²) in [4.78, 5) is 1.24. The zero-order valence-electron chi connectivity index (χ0n) is 7.25. The molecular formula is C10H10BrNS. The van der Waals surface area contributed by atoms with Crippen molar-refractivity contribution in [1.82, 2.24) is 0 Å². The van der Waals surface area contributed by atoms with Crippen molar-refractivity contribution in [2.45, 2.75) is 13.0 Å². The number of rotatable bonds is 1. The summed E-state index contributed by atoms with van der Waals surface area (Å²) in [6.07, 6.45) is 0. The van der Waals surface area contributed by atoms with Crippen LogP contribution in [0.15, 0.2) is 28.7 Å². The molecule has 2 N–H and O–H groups in total. The number of hydrogen-bond donors (Lipinski definition) is 1. The van der Waals surface area contributed by atoms with Gasteiger partial charge < -0.3 is 5.73 Å². The molecule has 0 bridgehead atoms. The molecule has 0 aliphatic heterocycles. The zero-order chi connectivity index (χ0) is 9.42. The third-order valence-electron chi connectivity index (χ3n) is 1.96. The van der Waals surface area contributed by atoms with Crippen LogP contribution in [0, 0.1) is 0 Å². The topological polar surface area (TPSA) is 26.0 Å². The van der Waals surface area contributed by atoms with Crippen molar-refractivity contribution in [3.8, 4) is 0 Å². The van der Waals surface area contributed by atoms with Crippen molar-refractivity contribution >= 4 is 37.4 Å². The van der Waals surface area contributed by atoms with E-state index in [1.54, 1.807) is 11.3 Å². The van der Waals surface area contributed by atoms with Crippen LogP contribution in [0.5, 0.6) is 0 Å². The Labute approximate surface area is 89.7 Å². The maximum atomic E-state index is 5.82. The van der Waals surface area contributed by atoms with Gasteiger partial charge in [0.25, 0.3) is 0 Å². The summed E-state index contributed by atoms with van der Waals surface area (Å²) in [5.41, 5.74) is 5.82. The molecule has 2 rings (SSSR count). The number of thiophene rings is 1. The second-order valence-corrected chi connectivity index (χ2v) is 5.03. The Balaban J connectivity index is 2.68. The van der Waals surface area contributed by atoms with Gasteiger partial charge in [0, 0.05) is 20.1 Å². The van der Waals surface area contributed by atoms with Gasteiger partial charge >= 0.3 is 0 Å². The molecule has 0 saturated carbocycles. The molecule has 0 spiro atoms. The lowest BCUT2D eigenvalue weighted by atomic mass is 10.2. The molecule has 68 valence electrons. The Bertz CT molecular complexity index is 433. The summed E-state index contributed by atoms with van der Waals surface area (Å²) in [7, 11) is 0. The molecule has 1 unspecified atom stereocenters. The molecule has 3 heteroatoms. The standard InChI is InChI=1S/C10H10BrNS/c1-6(12)9-5-7-3-2-4-8(11)10(7)13-9/h2-6H,12H2,1H3. The van der Waals surface area contributed by atoms with Crippen LogP contribution in [0.2, 0.25) is 0 Å². The minimum Gasteiger partial charge on any atom is -0.324 e. The van der Waals surface area contributed by atoms with Crippen molar-refractivity contribution in [2.24, 2.45) is 5.73 Å².